The van der Waals surface area contributed by atoms with Crippen LogP contribution in [0.3, 0.4) is 0 Å². The van der Waals surface area contributed by atoms with E-state index in [0.29, 0.717) is 61.0 Å². The number of amides is 5. The zero-order valence-electron chi connectivity index (χ0n) is 31.1. The molecule has 2 fully saturated rings. The standard InChI is InChI=1S/C43H39N7O6S/c1-47(35-16-17-36(52)45-39(35)53)42(56)37-31(26-51)8-5-9-34(37)49-21-19-48(20-22-49)32-14-12-27(13-15-32)29-10-11-30-25-50(41(55)33(30)24-29)38(28-6-3-2-4-7-28)40(54)46-43-44-18-23-57-43/h2-15,18,23-24,26,35,38H,16-17,19-22,25H2,1H3,(H,44,46,54)(H,45,52,53). The molecule has 288 valence electrons. The fourth-order valence-electron chi connectivity index (χ4n) is 7.87. The number of thiazole rings is 1. The van der Waals surface area contributed by atoms with Gasteiger partial charge in [0.25, 0.3) is 17.7 Å². The zero-order chi connectivity index (χ0) is 39.6. The Hall–Kier alpha value is -6.67. The molecule has 3 aliphatic heterocycles. The number of likely N-dealkylation sites (N-methyl/N-ethyl adjacent to an activating group) is 1. The molecule has 5 aromatic rings. The normalized spacial score (nSPS) is 17.2. The molecule has 3 aliphatic rings. The Morgan fingerprint density at radius 3 is 2.35 bits per heavy atom. The number of hydrogen-bond donors (Lipinski definition) is 2. The Balaban J connectivity index is 0.949. The maximum Gasteiger partial charge on any atom is 0.257 e. The van der Waals surface area contributed by atoms with E-state index in [9.17, 15) is 28.8 Å². The van der Waals surface area contributed by atoms with Crippen LogP contribution in [-0.4, -0.2) is 89.9 Å². The van der Waals surface area contributed by atoms with Crippen LogP contribution >= 0.6 is 11.3 Å². The van der Waals surface area contributed by atoms with Gasteiger partial charge >= 0.3 is 0 Å². The summed E-state index contributed by atoms with van der Waals surface area (Å²) >= 11 is 1.32. The van der Waals surface area contributed by atoms with Crippen LogP contribution < -0.4 is 20.4 Å². The minimum atomic E-state index is -0.835. The lowest BCUT2D eigenvalue weighted by molar-refractivity contribution is -0.136. The highest BCUT2D eigenvalue weighted by atomic mass is 32.1. The monoisotopic (exact) mass is 781 g/mol. The van der Waals surface area contributed by atoms with Gasteiger partial charge in [-0.1, -0.05) is 66.7 Å². The Labute approximate surface area is 332 Å². The summed E-state index contributed by atoms with van der Waals surface area (Å²) in [6, 6.07) is 26.8. The molecule has 2 atom stereocenters. The number of carbonyl (C=O) groups excluding carboxylic acids is 6. The van der Waals surface area contributed by atoms with E-state index in [4.69, 9.17) is 0 Å². The summed E-state index contributed by atoms with van der Waals surface area (Å²) in [6.07, 6.45) is 2.63. The van der Waals surface area contributed by atoms with Gasteiger partial charge in [0.1, 0.15) is 12.1 Å². The summed E-state index contributed by atoms with van der Waals surface area (Å²) in [5.74, 6) is -1.88. The number of piperidine rings is 1. The van der Waals surface area contributed by atoms with Crippen molar-refractivity contribution in [1.29, 1.82) is 0 Å². The Morgan fingerprint density at radius 1 is 0.912 bits per heavy atom. The Kier molecular flexibility index (Phi) is 10.3. The maximum absolute atomic E-state index is 14.0. The number of carbonyl (C=O) groups is 6. The molecular formula is C43H39N7O6S. The van der Waals surface area contributed by atoms with Crippen molar-refractivity contribution in [2.24, 2.45) is 0 Å². The average molecular weight is 782 g/mol. The number of aromatic nitrogens is 1. The molecule has 1 aromatic heterocycles. The minimum Gasteiger partial charge on any atom is -0.368 e. The van der Waals surface area contributed by atoms with Crippen molar-refractivity contribution in [2.75, 3.05) is 48.3 Å². The molecule has 2 N–H and O–H groups in total. The number of hydrogen-bond acceptors (Lipinski definition) is 10. The second-order valence-corrected chi connectivity index (χ2v) is 15.1. The molecule has 0 saturated carbocycles. The summed E-state index contributed by atoms with van der Waals surface area (Å²) in [6.45, 7) is 2.78. The fraction of sp³-hybridized carbons (Fsp3) is 0.233. The van der Waals surface area contributed by atoms with Gasteiger partial charge in [-0.3, -0.25) is 39.4 Å². The molecule has 57 heavy (non-hydrogen) atoms. The maximum atomic E-state index is 14.0. The van der Waals surface area contributed by atoms with E-state index >= 15 is 0 Å². The van der Waals surface area contributed by atoms with Gasteiger partial charge in [-0.05, 0) is 52.9 Å². The Morgan fingerprint density at radius 2 is 1.65 bits per heavy atom. The van der Waals surface area contributed by atoms with Crippen molar-refractivity contribution < 1.29 is 28.8 Å². The summed E-state index contributed by atoms with van der Waals surface area (Å²) in [5.41, 5.74) is 6.09. The molecule has 4 aromatic carbocycles. The van der Waals surface area contributed by atoms with Crippen molar-refractivity contribution in [3.8, 4) is 11.1 Å². The van der Waals surface area contributed by atoms with Crippen molar-refractivity contribution in [1.82, 2.24) is 20.1 Å². The predicted octanol–water partition coefficient (Wildman–Crippen LogP) is 5.16. The van der Waals surface area contributed by atoms with Gasteiger partial charge in [-0.25, -0.2) is 4.98 Å². The highest BCUT2D eigenvalue weighted by Gasteiger charge is 2.38. The first kappa shape index (κ1) is 37.3. The van der Waals surface area contributed by atoms with Crippen LogP contribution in [0.2, 0.25) is 0 Å². The van der Waals surface area contributed by atoms with Crippen molar-refractivity contribution in [3.63, 3.8) is 0 Å². The molecular weight excluding hydrogens is 743 g/mol. The topological polar surface area (TPSA) is 152 Å². The quantitative estimate of drug-likeness (QED) is 0.145. The number of piperazine rings is 1. The van der Waals surface area contributed by atoms with Gasteiger partial charge in [0.05, 0.1) is 11.3 Å². The number of nitrogens with one attached hydrogen (secondary N) is 2. The van der Waals surface area contributed by atoms with Gasteiger partial charge in [0.15, 0.2) is 11.4 Å². The van der Waals surface area contributed by atoms with Gasteiger partial charge in [-0.15, -0.1) is 11.3 Å². The lowest BCUT2D eigenvalue weighted by atomic mass is 9.99. The third-order valence-electron chi connectivity index (χ3n) is 10.9. The molecule has 2 saturated heterocycles. The highest BCUT2D eigenvalue weighted by molar-refractivity contribution is 7.13. The minimum absolute atomic E-state index is 0.136. The summed E-state index contributed by atoms with van der Waals surface area (Å²) in [4.78, 5) is 89.3. The summed E-state index contributed by atoms with van der Waals surface area (Å²) in [5, 5.41) is 7.43. The van der Waals surface area contributed by atoms with Gasteiger partial charge in [0, 0.05) is 74.6 Å². The molecule has 4 heterocycles. The second-order valence-electron chi connectivity index (χ2n) is 14.2. The largest absolute Gasteiger partial charge is 0.368 e. The molecule has 0 radical (unpaired) electrons. The van der Waals surface area contributed by atoms with E-state index in [1.807, 2.05) is 66.7 Å². The molecule has 13 nitrogen and oxygen atoms in total. The van der Waals surface area contributed by atoms with Crippen LogP contribution in [0.1, 0.15) is 61.1 Å². The molecule has 5 amide bonds. The van der Waals surface area contributed by atoms with E-state index in [1.54, 1.807) is 28.6 Å². The van der Waals surface area contributed by atoms with Gasteiger partial charge in [-0.2, -0.15) is 0 Å². The molecule has 2 unspecified atom stereocenters. The van der Waals surface area contributed by atoms with Gasteiger partial charge in [0.2, 0.25) is 11.8 Å². The van der Waals surface area contributed by atoms with Crippen molar-refractivity contribution in [2.45, 2.75) is 31.5 Å². The third kappa shape index (κ3) is 7.38. The van der Waals surface area contributed by atoms with E-state index < -0.39 is 23.9 Å². The lowest BCUT2D eigenvalue weighted by Crippen LogP contribution is -2.53. The van der Waals surface area contributed by atoms with Crippen molar-refractivity contribution >= 4 is 63.7 Å². The van der Waals surface area contributed by atoms with Gasteiger partial charge < -0.3 is 19.6 Å². The number of anilines is 3. The van der Waals surface area contributed by atoms with Crippen LogP contribution in [0.5, 0.6) is 0 Å². The Bertz CT molecular complexity index is 2360. The summed E-state index contributed by atoms with van der Waals surface area (Å²) < 4.78 is 0. The molecule has 14 heteroatoms. The molecule has 8 rings (SSSR count). The molecule has 0 bridgehead atoms. The van der Waals surface area contributed by atoms with Crippen LogP contribution in [-0.2, 0) is 20.9 Å². The smallest absolute Gasteiger partial charge is 0.257 e. The van der Waals surface area contributed by atoms with E-state index in [2.05, 4.69) is 37.6 Å². The molecule has 0 aliphatic carbocycles. The highest BCUT2D eigenvalue weighted by Crippen LogP contribution is 2.36. The number of nitrogens with zero attached hydrogens (tertiary/aromatic N) is 5. The first-order valence-corrected chi connectivity index (χ1v) is 19.6. The number of benzene rings is 4. The second kappa shape index (κ2) is 15.8. The van der Waals surface area contributed by atoms with Crippen LogP contribution in [0, 0.1) is 0 Å². The van der Waals surface area contributed by atoms with Crippen LogP contribution in [0.15, 0.2) is 103 Å². The van der Waals surface area contributed by atoms with E-state index in [0.717, 1.165) is 22.4 Å². The van der Waals surface area contributed by atoms with Crippen LogP contribution in [0.25, 0.3) is 11.1 Å². The molecule has 0 spiro atoms. The number of imide groups is 1. The third-order valence-corrected chi connectivity index (χ3v) is 11.6. The van der Waals surface area contributed by atoms with E-state index in [1.165, 1.54) is 23.3 Å². The predicted molar refractivity (Wildman–Crippen MR) is 216 cm³/mol. The number of fused-ring (bicyclic) bond motifs is 1. The van der Waals surface area contributed by atoms with Crippen molar-refractivity contribution in [3.05, 3.63) is 130 Å². The first-order chi connectivity index (χ1) is 27.7. The fourth-order valence-corrected chi connectivity index (χ4v) is 8.40. The lowest BCUT2D eigenvalue weighted by Gasteiger charge is -2.39. The average Bonchev–Trinajstić information content (AvgIpc) is 3.87. The zero-order valence-corrected chi connectivity index (χ0v) is 31.9. The van der Waals surface area contributed by atoms with E-state index in [-0.39, 0.29) is 41.7 Å². The number of rotatable bonds is 10. The summed E-state index contributed by atoms with van der Waals surface area (Å²) in [7, 11) is 1.53. The number of aldehydes is 1. The van der Waals surface area contributed by atoms with Crippen LogP contribution in [0.4, 0.5) is 16.5 Å². The first-order valence-electron chi connectivity index (χ1n) is 18.7. The SMILES string of the molecule is CN(C(=O)c1c(C=O)cccc1N1CCN(c2ccc(-c3ccc4c(c3)C(=O)N(C(C(=O)Nc3nccs3)c3ccccc3)C4)cc2)CC1)C1CCC(=O)NC1=O.